The van der Waals surface area contributed by atoms with Crippen molar-refractivity contribution in [2.75, 3.05) is 11.9 Å². The maximum atomic E-state index is 10.1. The number of rotatable bonds is 4. The molecule has 0 radical (unpaired) electrons. The van der Waals surface area contributed by atoms with Crippen LogP contribution < -0.4 is 5.32 Å². The molecule has 0 aromatic heterocycles. The molecule has 88 valence electrons. The minimum absolute atomic E-state index is 0.194. The van der Waals surface area contributed by atoms with Gasteiger partial charge in [0.25, 0.3) is 0 Å². The second-order valence-electron chi connectivity index (χ2n) is 4.71. The van der Waals surface area contributed by atoms with E-state index in [0.717, 1.165) is 5.69 Å². The van der Waals surface area contributed by atoms with Gasteiger partial charge in [-0.1, -0.05) is 37.5 Å². The SMILES string of the molecule is OC(CNc1ccccc1)C1CCCCC1. The average Bonchev–Trinajstić information content (AvgIpc) is 2.38. The van der Waals surface area contributed by atoms with E-state index < -0.39 is 0 Å². The molecule has 0 heterocycles. The lowest BCUT2D eigenvalue weighted by molar-refractivity contribution is 0.0956. The minimum atomic E-state index is -0.194. The van der Waals surface area contributed by atoms with E-state index in [-0.39, 0.29) is 6.10 Å². The van der Waals surface area contributed by atoms with Gasteiger partial charge < -0.3 is 10.4 Å². The van der Waals surface area contributed by atoms with Crippen LogP contribution in [0.2, 0.25) is 0 Å². The molecule has 2 nitrogen and oxygen atoms in total. The Labute approximate surface area is 97.7 Å². The van der Waals surface area contributed by atoms with Gasteiger partial charge in [-0.25, -0.2) is 0 Å². The van der Waals surface area contributed by atoms with Crippen LogP contribution in [0.5, 0.6) is 0 Å². The van der Waals surface area contributed by atoms with E-state index in [1.165, 1.54) is 32.1 Å². The third-order valence-electron chi connectivity index (χ3n) is 3.48. The first-order chi connectivity index (χ1) is 7.86. The standard InChI is InChI=1S/C14H21NO/c16-14(12-7-3-1-4-8-12)11-15-13-9-5-2-6-10-13/h2,5-6,9-10,12,14-16H,1,3-4,7-8,11H2. The normalized spacial score (nSPS) is 19.3. The second kappa shape index (κ2) is 5.90. The summed E-state index contributed by atoms with van der Waals surface area (Å²) in [5, 5.41) is 13.4. The molecule has 0 bridgehead atoms. The monoisotopic (exact) mass is 219 g/mol. The van der Waals surface area contributed by atoms with Gasteiger partial charge in [-0.05, 0) is 30.9 Å². The van der Waals surface area contributed by atoms with Crippen molar-refractivity contribution in [3.63, 3.8) is 0 Å². The number of para-hydroxylation sites is 1. The molecule has 0 amide bonds. The van der Waals surface area contributed by atoms with Gasteiger partial charge in [0.2, 0.25) is 0 Å². The Hall–Kier alpha value is -1.02. The molecule has 1 fully saturated rings. The predicted octanol–water partition coefficient (Wildman–Crippen LogP) is 3.04. The zero-order valence-electron chi connectivity index (χ0n) is 9.73. The summed E-state index contributed by atoms with van der Waals surface area (Å²) in [6, 6.07) is 10.1. The fourth-order valence-corrected chi connectivity index (χ4v) is 2.46. The van der Waals surface area contributed by atoms with E-state index in [2.05, 4.69) is 5.32 Å². The average molecular weight is 219 g/mol. The van der Waals surface area contributed by atoms with Crippen LogP contribution >= 0.6 is 0 Å². The van der Waals surface area contributed by atoms with E-state index >= 15 is 0 Å². The van der Waals surface area contributed by atoms with Crippen LogP contribution in [0.1, 0.15) is 32.1 Å². The summed E-state index contributed by atoms with van der Waals surface area (Å²) in [5.74, 6) is 0.505. The van der Waals surface area contributed by atoms with Crippen molar-refractivity contribution in [3.05, 3.63) is 30.3 Å². The Morgan fingerprint density at radius 3 is 2.50 bits per heavy atom. The van der Waals surface area contributed by atoms with Crippen LogP contribution in [0.25, 0.3) is 0 Å². The fourth-order valence-electron chi connectivity index (χ4n) is 2.46. The first kappa shape index (κ1) is 11.5. The molecule has 0 saturated heterocycles. The van der Waals surface area contributed by atoms with Crippen molar-refractivity contribution >= 4 is 5.69 Å². The van der Waals surface area contributed by atoms with Crippen LogP contribution in [0.3, 0.4) is 0 Å². The number of hydrogen-bond acceptors (Lipinski definition) is 2. The highest BCUT2D eigenvalue weighted by Crippen LogP contribution is 2.26. The molecule has 2 heteroatoms. The van der Waals surface area contributed by atoms with E-state index in [0.29, 0.717) is 12.5 Å². The van der Waals surface area contributed by atoms with Crippen molar-refractivity contribution in [1.29, 1.82) is 0 Å². The lowest BCUT2D eigenvalue weighted by Crippen LogP contribution is -2.29. The van der Waals surface area contributed by atoms with Gasteiger partial charge in [-0.3, -0.25) is 0 Å². The Morgan fingerprint density at radius 1 is 1.12 bits per heavy atom. The topological polar surface area (TPSA) is 32.3 Å². The highest BCUT2D eigenvalue weighted by molar-refractivity contribution is 5.42. The van der Waals surface area contributed by atoms with Crippen LogP contribution in [0.15, 0.2) is 30.3 Å². The summed E-state index contributed by atoms with van der Waals surface area (Å²) in [7, 11) is 0. The number of benzene rings is 1. The molecule has 1 atom stereocenters. The Morgan fingerprint density at radius 2 is 1.81 bits per heavy atom. The fraction of sp³-hybridized carbons (Fsp3) is 0.571. The molecule has 0 aliphatic heterocycles. The molecule has 16 heavy (non-hydrogen) atoms. The third-order valence-corrected chi connectivity index (χ3v) is 3.48. The molecule has 2 rings (SSSR count). The Bertz CT molecular complexity index is 293. The zero-order chi connectivity index (χ0) is 11.2. The summed E-state index contributed by atoms with van der Waals surface area (Å²) in [6.45, 7) is 0.675. The summed E-state index contributed by atoms with van der Waals surface area (Å²) in [4.78, 5) is 0. The zero-order valence-corrected chi connectivity index (χ0v) is 9.73. The largest absolute Gasteiger partial charge is 0.391 e. The molecule has 1 unspecified atom stereocenters. The van der Waals surface area contributed by atoms with Gasteiger partial charge in [-0.2, -0.15) is 0 Å². The molecule has 1 aromatic carbocycles. The quantitative estimate of drug-likeness (QED) is 0.815. The smallest absolute Gasteiger partial charge is 0.0740 e. The van der Waals surface area contributed by atoms with Gasteiger partial charge in [0.15, 0.2) is 0 Å². The van der Waals surface area contributed by atoms with Crippen molar-refractivity contribution in [3.8, 4) is 0 Å². The number of hydrogen-bond donors (Lipinski definition) is 2. The van der Waals surface area contributed by atoms with Gasteiger partial charge in [0.1, 0.15) is 0 Å². The predicted molar refractivity (Wildman–Crippen MR) is 67.5 cm³/mol. The summed E-state index contributed by atoms with van der Waals surface area (Å²) in [6.07, 6.45) is 6.10. The molecular formula is C14H21NO. The van der Waals surface area contributed by atoms with Gasteiger partial charge in [-0.15, -0.1) is 0 Å². The van der Waals surface area contributed by atoms with Crippen molar-refractivity contribution in [2.24, 2.45) is 5.92 Å². The van der Waals surface area contributed by atoms with Crippen LogP contribution in [-0.4, -0.2) is 17.8 Å². The molecular weight excluding hydrogens is 198 g/mol. The van der Waals surface area contributed by atoms with E-state index in [1.54, 1.807) is 0 Å². The molecule has 1 aliphatic carbocycles. The number of anilines is 1. The van der Waals surface area contributed by atoms with Crippen molar-refractivity contribution in [1.82, 2.24) is 0 Å². The molecule has 1 saturated carbocycles. The van der Waals surface area contributed by atoms with Gasteiger partial charge in [0.05, 0.1) is 6.10 Å². The maximum absolute atomic E-state index is 10.1. The minimum Gasteiger partial charge on any atom is -0.391 e. The highest BCUT2D eigenvalue weighted by Gasteiger charge is 2.21. The third kappa shape index (κ3) is 3.24. The second-order valence-corrected chi connectivity index (χ2v) is 4.71. The molecule has 2 N–H and O–H groups in total. The van der Waals surface area contributed by atoms with Crippen molar-refractivity contribution < 1.29 is 5.11 Å². The van der Waals surface area contributed by atoms with Crippen LogP contribution in [-0.2, 0) is 0 Å². The van der Waals surface area contributed by atoms with E-state index in [9.17, 15) is 5.11 Å². The number of aliphatic hydroxyl groups excluding tert-OH is 1. The Balaban J connectivity index is 1.76. The number of aliphatic hydroxyl groups is 1. The van der Waals surface area contributed by atoms with Gasteiger partial charge >= 0.3 is 0 Å². The van der Waals surface area contributed by atoms with Crippen LogP contribution in [0, 0.1) is 5.92 Å². The first-order valence-electron chi connectivity index (χ1n) is 6.33. The molecule has 0 spiro atoms. The molecule has 1 aromatic rings. The first-order valence-corrected chi connectivity index (χ1v) is 6.33. The number of nitrogens with one attached hydrogen (secondary N) is 1. The summed E-state index contributed by atoms with van der Waals surface area (Å²) in [5.41, 5.74) is 1.09. The van der Waals surface area contributed by atoms with Crippen LogP contribution in [0.4, 0.5) is 5.69 Å². The summed E-state index contributed by atoms with van der Waals surface area (Å²) < 4.78 is 0. The maximum Gasteiger partial charge on any atom is 0.0740 e. The van der Waals surface area contributed by atoms with Crippen molar-refractivity contribution in [2.45, 2.75) is 38.2 Å². The lowest BCUT2D eigenvalue weighted by atomic mass is 9.85. The van der Waals surface area contributed by atoms with E-state index in [1.807, 2.05) is 30.3 Å². The molecule has 1 aliphatic rings. The van der Waals surface area contributed by atoms with E-state index in [4.69, 9.17) is 0 Å². The highest BCUT2D eigenvalue weighted by atomic mass is 16.3. The Kier molecular flexibility index (Phi) is 4.23. The van der Waals surface area contributed by atoms with Gasteiger partial charge in [0, 0.05) is 12.2 Å². The lowest BCUT2D eigenvalue weighted by Gasteiger charge is -2.26. The summed E-state index contributed by atoms with van der Waals surface area (Å²) >= 11 is 0.